The summed E-state index contributed by atoms with van der Waals surface area (Å²) in [5.74, 6) is -0.691. The number of ether oxygens (including phenoxy) is 1. The molecule has 1 aromatic rings. The molecule has 1 unspecified atom stereocenters. The van der Waals surface area contributed by atoms with Crippen molar-refractivity contribution in [2.45, 2.75) is 6.42 Å². The molecule has 21 heavy (non-hydrogen) atoms. The van der Waals surface area contributed by atoms with Gasteiger partial charge in [0.15, 0.2) is 5.69 Å². The van der Waals surface area contributed by atoms with Crippen molar-refractivity contribution < 1.29 is 19.6 Å². The first-order valence-electron chi connectivity index (χ1n) is 6.57. The Labute approximate surface area is 121 Å². The quantitative estimate of drug-likeness (QED) is 0.535. The van der Waals surface area contributed by atoms with Gasteiger partial charge in [-0.1, -0.05) is 0 Å². The van der Waals surface area contributed by atoms with E-state index in [1.54, 1.807) is 0 Å². The van der Waals surface area contributed by atoms with Gasteiger partial charge < -0.3 is 20.5 Å². The first kappa shape index (κ1) is 15.0. The minimum absolute atomic E-state index is 0.160. The summed E-state index contributed by atoms with van der Waals surface area (Å²) in [6.07, 6.45) is 0.996. The molecule has 114 valence electrons. The molecule has 1 aliphatic rings. The van der Waals surface area contributed by atoms with Gasteiger partial charge in [-0.05, 0) is 31.5 Å². The number of rotatable bonds is 6. The number of benzene rings is 1. The SMILES string of the molecule is COc1cc(C(=O)O)cc([N+](=O)[O-])c1NCC1CCNC1. The predicted octanol–water partition coefficient (Wildman–Crippen LogP) is 1.32. The lowest BCUT2D eigenvalue weighted by Crippen LogP contribution is -2.18. The molecule has 1 aliphatic heterocycles. The summed E-state index contributed by atoms with van der Waals surface area (Å²) in [6.45, 7) is 2.36. The fourth-order valence-corrected chi connectivity index (χ4v) is 2.34. The summed E-state index contributed by atoms with van der Waals surface area (Å²) in [5.41, 5.74) is -0.247. The average molecular weight is 295 g/mol. The number of nitro benzene ring substituents is 1. The van der Waals surface area contributed by atoms with Crippen molar-refractivity contribution in [1.82, 2.24) is 5.32 Å². The molecule has 0 bridgehead atoms. The first-order chi connectivity index (χ1) is 10.0. The Morgan fingerprint density at radius 1 is 1.62 bits per heavy atom. The third-order valence-corrected chi connectivity index (χ3v) is 3.47. The Balaban J connectivity index is 2.31. The van der Waals surface area contributed by atoms with Crippen LogP contribution in [0.1, 0.15) is 16.8 Å². The molecule has 1 fully saturated rings. The van der Waals surface area contributed by atoms with Gasteiger partial charge in [0.05, 0.1) is 17.6 Å². The van der Waals surface area contributed by atoms with Gasteiger partial charge in [-0.15, -0.1) is 0 Å². The maximum Gasteiger partial charge on any atom is 0.336 e. The van der Waals surface area contributed by atoms with E-state index in [4.69, 9.17) is 9.84 Å². The van der Waals surface area contributed by atoms with Crippen molar-refractivity contribution in [2.75, 3.05) is 32.1 Å². The van der Waals surface area contributed by atoms with E-state index < -0.39 is 10.9 Å². The molecule has 1 heterocycles. The molecule has 1 aromatic carbocycles. The van der Waals surface area contributed by atoms with Crippen LogP contribution in [0, 0.1) is 16.0 Å². The van der Waals surface area contributed by atoms with E-state index in [1.807, 2.05) is 0 Å². The van der Waals surface area contributed by atoms with E-state index in [0.717, 1.165) is 25.6 Å². The van der Waals surface area contributed by atoms with E-state index in [2.05, 4.69) is 10.6 Å². The summed E-state index contributed by atoms with van der Waals surface area (Å²) >= 11 is 0. The van der Waals surface area contributed by atoms with Crippen molar-refractivity contribution in [3.63, 3.8) is 0 Å². The number of anilines is 1. The van der Waals surface area contributed by atoms with Crippen molar-refractivity contribution >= 4 is 17.3 Å². The molecular formula is C13H17N3O5. The third kappa shape index (κ3) is 3.40. The van der Waals surface area contributed by atoms with E-state index in [1.165, 1.54) is 13.2 Å². The van der Waals surface area contributed by atoms with Crippen LogP contribution in [0.15, 0.2) is 12.1 Å². The van der Waals surface area contributed by atoms with Gasteiger partial charge in [0.1, 0.15) is 5.75 Å². The van der Waals surface area contributed by atoms with Gasteiger partial charge in [0.2, 0.25) is 0 Å². The molecule has 0 saturated carbocycles. The van der Waals surface area contributed by atoms with Crippen LogP contribution < -0.4 is 15.4 Å². The number of nitrogens with one attached hydrogen (secondary N) is 2. The highest BCUT2D eigenvalue weighted by molar-refractivity contribution is 5.91. The largest absolute Gasteiger partial charge is 0.494 e. The number of carbonyl (C=O) groups is 1. The molecule has 0 aromatic heterocycles. The zero-order valence-corrected chi connectivity index (χ0v) is 11.6. The van der Waals surface area contributed by atoms with Gasteiger partial charge in [-0.2, -0.15) is 0 Å². The molecule has 2 rings (SSSR count). The average Bonchev–Trinajstić information content (AvgIpc) is 2.97. The number of carboxylic acid groups (broad SMARTS) is 1. The van der Waals surface area contributed by atoms with E-state index >= 15 is 0 Å². The Hall–Kier alpha value is -2.35. The van der Waals surface area contributed by atoms with Gasteiger partial charge in [0, 0.05) is 12.6 Å². The lowest BCUT2D eigenvalue weighted by Gasteiger charge is -2.15. The monoisotopic (exact) mass is 295 g/mol. The number of aromatic carboxylic acids is 1. The second kappa shape index (κ2) is 6.40. The fraction of sp³-hybridized carbons (Fsp3) is 0.462. The summed E-state index contributed by atoms with van der Waals surface area (Å²) in [4.78, 5) is 21.6. The number of nitro groups is 1. The molecule has 0 radical (unpaired) electrons. The normalized spacial score (nSPS) is 17.5. The highest BCUT2D eigenvalue weighted by atomic mass is 16.6. The molecule has 1 saturated heterocycles. The Morgan fingerprint density at radius 3 is 2.90 bits per heavy atom. The molecule has 3 N–H and O–H groups in total. The topological polar surface area (TPSA) is 114 Å². The van der Waals surface area contributed by atoms with Crippen LogP contribution in [0.5, 0.6) is 5.75 Å². The second-order valence-electron chi connectivity index (χ2n) is 4.87. The zero-order valence-electron chi connectivity index (χ0n) is 11.6. The minimum atomic E-state index is -1.23. The summed E-state index contributed by atoms with van der Waals surface area (Å²) in [5, 5.41) is 26.4. The number of hydrogen-bond acceptors (Lipinski definition) is 6. The van der Waals surface area contributed by atoms with E-state index in [-0.39, 0.29) is 22.7 Å². The minimum Gasteiger partial charge on any atom is -0.494 e. The highest BCUT2D eigenvalue weighted by Gasteiger charge is 2.24. The molecular weight excluding hydrogens is 278 g/mol. The van der Waals surface area contributed by atoms with Crippen LogP contribution in [0.4, 0.5) is 11.4 Å². The number of methoxy groups -OCH3 is 1. The van der Waals surface area contributed by atoms with Crippen LogP contribution in [0.3, 0.4) is 0 Å². The van der Waals surface area contributed by atoms with Crippen molar-refractivity contribution in [2.24, 2.45) is 5.92 Å². The summed E-state index contributed by atoms with van der Waals surface area (Å²) in [7, 11) is 1.35. The Bertz CT molecular complexity index is 555. The van der Waals surface area contributed by atoms with Crippen LogP contribution in [-0.4, -0.2) is 42.7 Å². The molecule has 8 heteroatoms. The predicted molar refractivity (Wildman–Crippen MR) is 76.1 cm³/mol. The molecule has 8 nitrogen and oxygen atoms in total. The van der Waals surface area contributed by atoms with Gasteiger partial charge in [-0.25, -0.2) is 4.79 Å². The van der Waals surface area contributed by atoms with Crippen LogP contribution in [0.2, 0.25) is 0 Å². The number of nitrogens with zero attached hydrogens (tertiary/aromatic N) is 1. The first-order valence-corrected chi connectivity index (χ1v) is 6.57. The standard InChI is InChI=1S/C13H17N3O5/c1-21-11-5-9(13(17)18)4-10(16(19)20)12(11)15-7-8-2-3-14-6-8/h4-5,8,14-15H,2-3,6-7H2,1H3,(H,17,18). The van der Waals surface area contributed by atoms with E-state index in [9.17, 15) is 14.9 Å². The van der Waals surface area contributed by atoms with Crippen molar-refractivity contribution in [1.29, 1.82) is 0 Å². The Kier molecular flexibility index (Phi) is 4.59. The smallest absolute Gasteiger partial charge is 0.336 e. The van der Waals surface area contributed by atoms with Gasteiger partial charge in [-0.3, -0.25) is 10.1 Å². The van der Waals surface area contributed by atoms with Crippen LogP contribution in [-0.2, 0) is 0 Å². The van der Waals surface area contributed by atoms with Gasteiger partial charge >= 0.3 is 5.97 Å². The number of hydrogen-bond donors (Lipinski definition) is 3. The fourth-order valence-electron chi connectivity index (χ4n) is 2.34. The maximum absolute atomic E-state index is 11.2. The molecule has 1 atom stereocenters. The molecule has 0 spiro atoms. The third-order valence-electron chi connectivity index (χ3n) is 3.47. The van der Waals surface area contributed by atoms with Crippen molar-refractivity contribution in [3.05, 3.63) is 27.8 Å². The van der Waals surface area contributed by atoms with Gasteiger partial charge in [0.25, 0.3) is 5.69 Å². The Morgan fingerprint density at radius 2 is 2.38 bits per heavy atom. The highest BCUT2D eigenvalue weighted by Crippen LogP contribution is 2.36. The van der Waals surface area contributed by atoms with Crippen molar-refractivity contribution in [3.8, 4) is 5.75 Å². The molecule has 0 aliphatic carbocycles. The maximum atomic E-state index is 11.2. The van der Waals surface area contributed by atoms with Crippen LogP contribution >= 0.6 is 0 Å². The zero-order chi connectivity index (χ0) is 15.4. The lowest BCUT2D eigenvalue weighted by atomic mass is 10.1. The van der Waals surface area contributed by atoms with E-state index in [0.29, 0.717) is 12.5 Å². The lowest BCUT2D eigenvalue weighted by molar-refractivity contribution is -0.384. The summed E-state index contributed by atoms with van der Waals surface area (Å²) < 4.78 is 5.10. The molecule has 0 amide bonds. The number of carboxylic acids is 1. The van der Waals surface area contributed by atoms with Crippen LogP contribution in [0.25, 0.3) is 0 Å². The second-order valence-corrected chi connectivity index (χ2v) is 4.87. The summed E-state index contributed by atoms with van der Waals surface area (Å²) in [6, 6.07) is 2.32.